The molecule has 66 valence electrons. The number of hydrogen-bond acceptors (Lipinski definition) is 2. The highest BCUT2D eigenvalue weighted by Crippen LogP contribution is 2.12. The lowest BCUT2D eigenvalue weighted by atomic mass is 10.2. The number of hydrogen-bond donors (Lipinski definition) is 0. The Balaban J connectivity index is 2.82. The zero-order valence-corrected chi connectivity index (χ0v) is 8.71. The monoisotopic (exact) mass is 230 g/mol. The highest BCUT2D eigenvalue weighted by Gasteiger charge is 2.05. The lowest BCUT2D eigenvalue weighted by Crippen LogP contribution is -2.04. The molecule has 0 radical (unpaired) electrons. The molecule has 0 aliphatic rings. The number of aldehydes is 1. The van der Waals surface area contributed by atoms with Crippen LogP contribution in [0.25, 0.3) is 0 Å². The molecular formula is C8H11BrN2O. The van der Waals surface area contributed by atoms with Crippen LogP contribution in [0.2, 0.25) is 0 Å². The van der Waals surface area contributed by atoms with Gasteiger partial charge in [0, 0.05) is 12.7 Å². The minimum atomic E-state index is 0.538. The van der Waals surface area contributed by atoms with Gasteiger partial charge in [-0.2, -0.15) is 5.10 Å². The summed E-state index contributed by atoms with van der Waals surface area (Å²) in [5.74, 6) is 0.538. The molecule has 0 bridgehead atoms. The van der Waals surface area contributed by atoms with Gasteiger partial charge >= 0.3 is 0 Å². The van der Waals surface area contributed by atoms with Crippen molar-refractivity contribution in [2.45, 2.75) is 20.4 Å². The van der Waals surface area contributed by atoms with Gasteiger partial charge in [-0.25, -0.2) is 0 Å². The second-order valence-electron chi connectivity index (χ2n) is 3.11. The first-order valence-corrected chi connectivity index (χ1v) is 4.61. The van der Waals surface area contributed by atoms with Gasteiger partial charge in [0.2, 0.25) is 0 Å². The van der Waals surface area contributed by atoms with Gasteiger partial charge in [-0.1, -0.05) is 13.8 Å². The summed E-state index contributed by atoms with van der Waals surface area (Å²) >= 11 is 3.20. The van der Waals surface area contributed by atoms with Gasteiger partial charge in [0.1, 0.15) is 4.60 Å². The molecule has 1 aromatic rings. The van der Waals surface area contributed by atoms with Crippen LogP contribution in [0.15, 0.2) is 10.8 Å². The predicted molar refractivity (Wildman–Crippen MR) is 50.2 cm³/mol. The van der Waals surface area contributed by atoms with Crippen molar-refractivity contribution in [3.05, 3.63) is 16.4 Å². The number of aromatic nitrogens is 2. The van der Waals surface area contributed by atoms with Crippen LogP contribution < -0.4 is 0 Å². The first kappa shape index (κ1) is 9.45. The number of carbonyl (C=O) groups excluding carboxylic acids is 1. The van der Waals surface area contributed by atoms with E-state index >= 15 is 0 Å². The Kier molecular flexibility index (Phi) is 3.03. The van der Waals surface area contributed by atoms with Crippen molar-refractivity contribution in [2.75, 3.05) is 0 Å². The average molecular weight is 231 g/mol. The van der Waals surface area contributed by atoms with Crippen LogP contribution in [-0.2, 0) is 6.54 Å². The van der Waals surface area contributed by atoms with Gasteiger partial charge in [-0.15, -0.1) is 0 Å². The molecule has 0 saturated heterocycles. The summed E-state index contributed by atoms with van der Waals surface area (Å²) in [5.41, 5.74) is 0.607. The van der Waals surface area contributed by atoms with Gasteiger partial charge in [-0.3, -0.25) is 9.48 Å². The summed E-state index contributed by atoms with van der Waals surface area (Å²) in [6.45, 7) is 5.05. The van der Waals surface area contributed by atoms with Crippen LogP contribution in [0.4, 0.5) is 0 Å². The van der Waals surface area contributed by atoms with Gasteiger partial charge in [0.25, 0.3) is 0 Å². The molecule has 0 unspecified atom stereocenters. The molecule has 0 atom stereocenters. The second kappa shape index (κ2) is 3.85. The zero-order valence-electron chi connectivity index (χ0n) is 7.12. The molecule has 0 aliphatic heterocycles. The lowest BCUT2D eigenvalue weighted by molar-refractivity contribution is 0.112. The van der Waals surface area contributed by atoms with Gasteiger partial charge < -0.3 is 0 Å². The molecule has 0 aromatic carbocycles. The Bertz CT molecular complexity index is 281. The highest BCUT2D eigenvalue weighted by molar-refractivity contribution is 9.10. The smallest absolute Gasteiger partial charge is 0.154 e. The van der Waals surface area contributed by atoms with Gasteiger partial charge in [0.15, 0.2) is 6.29 Å². The standard InChI is InChI=1S/C8H11BrN2O/c1-6(2)3-11-4-7(5-12)8(9)10-11/h4-6H,3H2,1-2H3. The van der Waals surface area contributed by atoms with Crippen molar-refractivity contribution in [1.29, 1.82) is 0 Å². The summed E-state index contributed by atoms with van der Waals surface area (Å²) < 4.78 is 2.40. The summed E-state index contributed by atoms with van der Waals surface area (Å²) in [7, 11) is 0. The molecule has 0 spiro atoms. The highest BCUT2D eigenvalue weighted by atomic mass is 79.9. The van der Waals surface area contributed by atoms with Crippen LogP contribution in [0.1, 0.15) is 24.2 Å². The minimum Gasteiger partial charge on any atom is -0.298 e. The molecule has 3 nitrogen and oxygen atoms in total. The largest absolute Gasteiger partial charge is 0.298 e. The van der Waals surface area contributed by atoms with E-state index in [-0.39, 0.29) is 0 Å². The van der Waals surface area contributed by atoms with Crippen molar-refractivity contribution in [1.82, 2.24) is 9.78 Å². The topological polar surface area (TPSA) is 34.9 Å². The van der Waals surface area contributed by atoms with Gasteiger partial charge in [-0.05, 0) is 21.8 Å². The number of nitrogens with zero attached hydrogens (tertiary/aromatic N) is 2. The molecule has 0 N–H and O–H groups in total. The van der Waals surface area contributed by atoms with E-state index in [1.54, 1.807) is 10.9 Å². The Hall–Kier alpha value is -0.640. The van der Waals surface area contributed by atoms with E-state index in [0.29, 0.717) is 16.1 Å². The van der Waals surface area contributed by atoms with E-state index in [4.69, 9.17) is 0 Å². The molecule has 1 heterocycles. The molecular weight excluding hydrogens is 220 g/mol. The molecule has 0 fully saturated rings. The Morgan fingerprint density at radius 2 is 2.42 bits per heavy atom. The van der Waals surface area contributed by atoms with E-state index in [1.807, 2.05) is 0 Å². The van der Waals surface area contributed by atoms with Crippen molar-refractivity contribution in [3.8, 4) is 0 Å². The lowest BCUT2D eigenvalue weighted by Gasteiger charge is -2.02. The molecule has 0 saturated carbocycles. The molecule has 12 heavy (non-hydrogen) atoms. The fraction of sp³-hybridized carbons (Fsp3) is 0.500. The minimum absolute atomic E-state index is 0.538. The van der Waals surface area contributed by atoms with Crippen LogP contribution in [-0.4, -0.2) is 16.1 Å². The van der Waals surface area contributed by atoms with E-state index in [0.717, 1.165) is 12.8 Å². The normalized spacial score (nSPS) is 10.7. The first-order valence-electron chi connectivity index (χ1n) is 3.81. The van der Waals surface area contributed by atoms with Crippen molar-refractivity contribution in [3.63, 3.8) is 0 Å². The Morgan fingerprint density at radius 1 is 1.75 bits per heavy atom. The molecule has 1 aromatic heterocycles. The summed E-state index contributed by atoms with van der Waals surface area (Å²) in [5, 5.41) is 4.12. The van der Waals surface area contributed by atoms with E-state index in [2.05, 4.69) is 34.9 Å². The fourth-order valence-electron chi connectivity index (χ4n) is 0.960. The average Bonchev–Trinajstić information content (AvgIpc) is 2.29. The molecule has 0 aliphatic carbocycles. The maximum Gasteiger partial charge on any atom is 0.154 e. The summed E-state index contributed by atoms with van der Waals surface area (Å²) in [6, 6.07) is 0. The summed E-state index contributed by atoms with van der Waals surface area (Å²) in [4.78, 5) is 10.4. The van der Waals surface area contributed by atoms with E-state index in [9.17, 15) is 4.79 Å². The van der Waals surface area contributed by atoms with Crippen molar-refractivity contribution in [2.24, 2.45) is 5.92 Å². The zero-order chi connectivity index (χ0) is 9.14. The second-order valence-corrected chi connectivity index (χ2v) is 3.86. The van der Waals surface area contributed by atoms with E-state index < -0.39 is 0 Å². The maximum absolute atomic E-state index is 10.4. The fourth-order valence-corrected chi connectivity index (χ4v) is 1.36. The summed E-state index contributed by atoms with van der Waals surface area (Å²) in [6.07, 6.45) is 2.55. The van der Waals surface area contributed by atoms with E-state index in [1.165, 1.54) is 0 Å². The SMILES string of the molecule is CC(C)Cn1cc(C=O)c(Br)n1. The quantitative estimate of drug-likeness (QED) is 0.746. The number of rotatable bonds is 3. The third-order valence-electron chi connectivity index (χ3n) is 1.42. The van der Waals surface area contributed by atoms with Crippen LogP contribution in [0.3, 0.4) is 0 Å². The van der Waals surface area contributed by atoms with Crippen molar-refractivity contribution < 1.29 is 4.79 Å². The maximum atomic E-state index is 10.4. The predicted octanol–water partition coefficient (Wildman–Crippen LogP) is 2.11. The van der Waals surface area contributed by atoms with Crippen LogP contribution in [0, 0.1) is 5.92 Å². The van der Waals surface area contributed by atoms with Crippen LogP contribution in [0.5, 0.6) is 0 Å². The number of carbonyl (C=O) groups is 1. The Labute approximate surface area is 79.9 Å². The first-order chi connectivity index (χ1) is 5.63. The molecule has 0 amide bonds. The molecule has 1 rings (SSSR count). The van der Waals surface area contributed by atoms with Gasteiger partial charge in [0.05, 0.1) is 5.56 Å². The Morgan fingerprint density at radius 3 is 2.83 bits per heavy atom. The number of halogens is 1. The van der Waals surface area contributed by atoms with Crippen molar-refractivity contribution >= 4 is 22.2 Å². The third-order valence-corrected chi connectivity index (χ3v) is 2.04. The van der Waals surface area contributed by atoms with Crippen LogP contribution >= 0.6 is 15.9 Å². The third kappa shape index (κ3) is 2.17. The molecule has 4 heteroatoms.